The molecule has 0 atom stereocenters. The van der Waals surface area contributed by atoms with E-state index in [1.165, 1.54) is 0 Å². The van der Waals surface area contributed by atoms with Crippen LogP contribution in [0.4, 0.5) is 5.95 Å². The number of nitrogens with two attached hydrogens (primary N) is 1. The lowest BCUT2D eigenvalue weighted by Gasteiger charge is -2.13. The van der Waals surface area contributed by atoms with Crippen molar-refractivity contribution in [3.63, 3.8) is 0 Å². The number of pyridine rings is 1. The fourth-order valence-electron chi connectivity index (χ4n) is 3.02. The largest absolute Gasteiger partial charge is 0.496 e. The summed E-state index contributed by atoms with van der Waals surface area (Å²) in [6, 6.07) is 0. The number of aryl methyl sites for hydroxylation is 2. The second-order valence-corrected chi connectivity index (χ2v) is 6.11. The third-order valence-electron chi connectivity index (χ3n) is 4.22. The second kappa shape index (κ2) is 6.28. The molecule has 3 aromatic rings. The predicted octanol–water partition coefficient (Wildman–Crippen LogP) is 3.30. The number of anilines is 1. The third-order valence-corrected chi connectivity index (χ3v) is 4.49. The van der Waals surface area contributed by atoms with Crippen molar-refractivity contribution in [1.29, 1.82) is 0 Å². The van der Waals surface area contributed by atoms with E-state index in [-0.39, 0.29) is 5.95 Å². The van der Waals surface area contributed by atoms with E-state index in [0.29, 0.717) is 11.7 Å². The molecule has 7 heteroatoms. The number of nitrogen functional groups attached to an aromatic ring is 1. The molecule has 0 fully saturated rings. The summed E-state index contributed by atoms with van der Waals surface area (Å²) < 4.78 is 7.51. The fourth-order valence-corrected chi connectivity index (χ4v) is 3.31. The number of ether oxygens (including phenoxy) is 1. The van der Waals surface area contributed by atoms with Crippen molar-refractivity contribution in [3.05, 3.63) is 39.9 Å². The highest BCUT2D eigenvalue weighted by atomic mass is 35.5. The Balaban J connectivity index is 2.15. The number of fused-ring (bicyclic) bond motifs is 1. The monoisotopic (exact) mass is 345 g/mol. The van der Waals surface area contributed by atoms with Gasteiger partial charge >= 0.3 is 0 Å². The van der Waals surface area contributed by atoms with E-state index < -0.39 is 0 Å². The minimum atomic E-state index is 0.167. The number of hydrogen-bond acceptors (Lipinski definition) is 5. The van der Waals surface area contributed by atoms with E-state index in [1.54, 1.807) is 7.11 Å². The summed E-state index contributed by atoms with van der Waals surface area (Å²) in [7, 11) is 1.67. The summed E-state index contributed by atoms with van der Waals surface area (Å²) in [4.78, 5) is 13.0. The Bertz CT molecular complexity index is 919. The molecule has 0 radical (unpaired) electrons. The number of rotatable bonds is 4. The lowest BCUT2D eigenvalue weighted by atomic mass is 10.1. The van der Waals surface area contributed by atoms with Crippen LogP contribution >= 0.6 is 11.6 Å². The molecule has 6 nitrogen and oxygen atoms in total. The first-order chi connectivity index (χ1) is 11.5. The highest BCUT2D eigenvalue weighted by molar-refractivity contribution is 6.34. The van der Waals surface area contributed by atoms with Crippen molar-refractivity contribution < 1.29 is 4.74 Å². The molecule has 0 bridgehead atoms. The van der Waals surface area contributed by atoms with Gasteiger partial charge in [0.05, 0.1) is 24.7 Å². The molecule has 3 aromatic heterocycles. The summed E-state index contributed by atoms with van der Waals surface area (Å²) in [5, 5.41) is 1.24. The molecule has 24 heavy (non-hydrogen) atoms. The maximum absolute atomic E-state index is 6.28. The molecule has 0 amide bonds. The SMILES string of the molecule is CCc1cn(Cc2ncc(C)c(OC)c2C)c2nc(N)nc(Cl)c12. The summed E-state index contributed by atoms with van der Waals surface area (Å²) in [5.74, 6) is 1.03. The maximum Gasteiger partial charge on any atom is 0.223 e. The average Bonchev–Trinajstić information content (AvgIpc) is 2.88. The first kappa shape index (κ1) is 16.5. The van der Waals surface area contributed by atoms with Gasteiger partial charge in [-0.05, 0) is 25.8 Å². The Hall–Kier alpha value is -2.34. The molecule has 0 unspecified atom stereocenters. The highest BCUT2D eigenvalue weighted by Gasteiger charge is 2.16. The van der Waals surface area contributed by atoms with Gasteiger partial charge in [-0.25, -0.2) is 4.98 Å². The van der Waals surface area contributed by atoms with Gasteiger partial charge in [-0.3, -0.25) is 4.98 Å². The van der Waals surface area contributed by atoms with Crippen LogP contribution in [0.3, 0.4) is 0 Å². The molecular formula is C17H20ClN5O. The highest BCUT2D eigenvalue weighted by Crippen LogP contribution is 2.29. The van der Waals surface area contributed by atoms with Crippen molar-refractivity contribution in [3.8, 4) is 5.75 Å². The Morgan fingerprint density at radius 1 is 1.29 bits per heavy atom. The first-order valence-electron chi connectivity index (χ1n) is 7.76. The molecule has 0 aromatic carbocycles. The smallest absolute Gasteiger partial charge is 0.223 e. The molecule has 0 aliphatic rings. The predicted molar refractivity (Wildman–Crippen MR) is 95.7 cm³/mol. The summed E-state index contributed by atoms with van der Waals surface area (Å²) in [5.41, 5.74) is 10.5. The molecule has 2 N–H and O–H groups in total. The van der Waals surface area contributed by atoms with Crippen LogP contribution in [-0.4, -0.2) is 26.6 Å². The molecule has 0 saturated carbocycles. The molecule has 126 valence electrons. The van der Waals surface area contributed by atoms with Gasteiger partial charge in [-0.2, -0.15) is 4.98 Å². The number of methoxy groups -OCH3 is 1. The number of halogens is 1. The van der Waals surface area contributed by atoms with Crippen molar-refractivity contribution in [1.82, 2.24) is 19.5 Å². The van der Waals surface area contributed by atoms with Crippen LogP contribution in [0, 0.1) is 13.8 Å². The van der Waals surface area contributed by atoms with Gasteiger partial charge in [-0.15, -0.1) is 0 Å². The molecule has 3 rings (SSSR count). The zero-order valence-electron chi connectivity index (χ0n) is 14.2. The third kappa shape index (κ3) is 2.67. The van der Waals surface area contributed by atoms with Gasteiger partial charge in [0.15, 0.2) is 0 Å². The Morgan fingerprint density at radius 3 is 2.71 bits per heavy atom. The Kier molecular flexibility index (Phi) is 4.32. The van der Waals surface area contributed by atoms with E-state index in [9.17, 15) is 0 Å². The van der Waals surface area contributed by atoms with Crippen LogP contribution in [0.2, 0.25) is 5.15 Å². The first-order valence-corrected chi connectivity index (χ1v) is 8.13. The molecule has 3 heterocycles. The quantitative estimate of drug-likeness (QED) is 0.734. The lowest BCUT2D eigenvalue weighted by Crippen LogP contribution is -2.07. The second-order valence-electron chi connectivity index (χ2n) is 5.75. The van der Waals surface area contributed by atoms with E-state index >= 15 is 0 Å². The standard InChI is InChI=1S/C17H20ClN5O/c1-5-11-7-23(16-13(11)15(18)21-17(19)22-16)8-12-10(3)14(24-4)9(2)6-20-12/h6-7H,5,8H2,1-4H3,(H2,19,21,22). The van der Waals surface area contributed by atoms with Gasteiger partial charge in [0.1, 0.15) is 16.5 Å². The van der Waals surface area contributed by atoms with Gasteiger partial charge < -0.3 is 15.0 Å². The normalized spacial score (nSPS) is 11.2. The zero-order valence-corrected chi connectivity index (χ0v) is 15.0. The average molecular weight is 346 g/mol. The van der Waals surface area contributed by atoms with Crippen molar-refractivity contribution in [2.45, 2.75) is 33.7 Å². The van der Waals surface area contributed by atoms with Crippen LogP contribution in [0.25, 0.3) is 11.0 Å². The summed E-state index contributed by atoms with van der Waals surface area (Å²) in [6.07, 6.45) is 4.70. The van der Waals surface area contributed by atoms with E-state index in [2.05, 4.69) is 21.9 Å². The summed E-state index contributed by atoms with van der Waals surface area (Å²) >= 11 is 6.28. The van der Waals surface area contributed by atoms with Gasteiger partial charge in [-0.1, -0.05) is 18.5 Å². The van der Waals surface area contributed by atoms with Crippen LogP contribution in [0.1, 0.15) is 29.3 Å². The van der Waals surface area contributed by atoms with E-state index in [0.717, 1.165) is 45.6 Å². The van der Waals surface area contributed by atoms with E-state index in [1.807, 2.05) is 30.8 Å². The molecule has 0 aliphatic carbocycles. The van der Waals surface area contributed by atoms with Crippen molar-refractivity contribution in [2.75, 3.05) is 12.8 Å². The van der Waals surface area contributed by atoms with Crippen LogP contribution in [0.15, 0.2) is 12.4 Å². The van der Waals surface area contributed by atoms with E-state index in [4.69, 9.17) is 22.1 Å². The Labute approximate surface area is 145 Å². The van der Waals surface area contributed by atoms with Crippen LogP contribution in [0.5, 0.6) is 5.75 Å². The summed E-state index contributed by atoms with van der Waals surface area (Å²) in [6.45, 7) is 6.63. The fraction of sp³-hybridized carbons (Fsp3) is 0.353. The van der Waals surface area contributed by atoms with Crippen LogP contribution < -0.4 is 10.5 Å². The number of aromatic nitrogens is 4. The molecular weight excluding hydrogens is 326 g/mol. The molecule has 0 saturated heterocycles. The zero-order chi connectivity index (χ0) is 17.4. The number of nitrogens with zero attached hydrogens (tertiary/aromatic N) is 4. The number of hydrogen-bond donors (Lipinski definition) is 1. The topological polar surface area (TPSA) is 78.8 Å². The molecule has 0 spiro atoms. The van der Waals surface area contributed by atoms with Crippen molar-refractivity contribution in [2.24, 2.45) is 0 Å². The minimum absolute atomic E-state index is 0.167. The van der Waals surface area contributed by atoms with Gasteiger partial charge in [0, 0.05) is 23.5 Å². The van der Waals surface area contributed by atoms with Crippen molar-refractivity contribution >= 4 is 28.6 Å². The van der Waals surface area contributed by atoms with Gasteiger partial charge in [0.25, 0.3) is 0 Å². The minimum Gasteiger partial charge on any atom is -0.496 e. The maximum atomic E-state index is 6.28. The molecule has 0 aliphatic heterocycles. The van der Waals surface area contributed by atoms with Crippen LogP contribution in [-0.2, 0) is 13.0 Å². The Morgan fingerprint density at radius 2 is 2.04 bits per heavy atom. The van der Waals surface area contributed by atoms with Gasteiger partial charge in [0.2, 0.25) is 5.95 Å². The lowest BCUT2D eigenvalue weighted by molar-refractivity contribution is 0.406.